The number of aryl methyl sites for hydroxylation is 2. The van der Waals surface area contributed by atoms with Crippen molar-refractivity contribution < 1.29 is 13.2 Å². The minimum atomic E-state index is -3.18. The zero-order chi connectivity index (χ0) is 26.9. The molecule has 206 valence electrons. The number of fused-ring (bicyclic) bond motifs is 4. The Kier molecular flexibility index (Phi) is 5.88. The van der Waals surface area contributed by atoms with Crippen molar-refractivity contribution in [1.29, 1.82) is 0 Å². The average molecular weight is 552 g/mol. The molecule has 0 saturated carbocycles. The molecule has 0 amide bonds. The van der Waals surface area contributed by atoms with Crippen molar-refractivity contribution in [2.24, 2.45) is 7.05 Å². The highest BCUT2D eigenvalue weighted by atomic mass is 32.2. The van der Waals surface area contributed by atoms with E-state index < -0.39 is 10.0 Å². The number of imidazole rings is 2. The van der Waals surface area contributed by atoms with E-state index in [1.165, 1.54) is 6.26 Å². The van der Waals surface area contributed by atoms with Crippen molar-refractivity contribution in [2.75, 3.05) is 50.5 Å². The molecule has 39 heavy (non-hydrogen) atoms. The standard InChI is InChI=1S/C26H33N9O3S/c1-4-21-27-19-7-5-6-8-20(19)35(21)26-29-24-23(25(30-26)32-9-11-38-12-10-32)28-22(31(24)2)16-33-14-18-13-17(33)15-34(18)39(3,36)37/h5-8,17-18H,4,9-16H2,1-3H3. The van der Waals surface area contributed by atoms with Crippen LogP contribution in [-0.4, -0.2) is 104 Å². The first-order valence-electron chi connectivity index (χ1n) is 13.6. The van der Waals surface area contributed by atoms with Crippen LogP contribution in [0.3, 0.4) is 0 Å². The van der Waals surface area contributed by atoms with Crippen molar-refractivity contribution in [3.05, 3.63) is 35.9 Å². The van der Waals surface area contributed by atoms with E-state index in [1.807, 2.05) is 25.2 Å². The second kappa shape index (κ2) is 9.22. The molecule has 2 atom stereocenters. The fourth-order valence-electron chi connectivity index (χ4n) is 6.35. The molecule has 12 nitrogen and oxygen atoms in total. The van der Waals surface area contributed by atoms with Crippen LogP contribution in [0.1, 0.15) is 25.0 Å². The van der Waals surface area contributed by atoms with Gasteiger partial charge in [-0.25, -0.2) is 18.4 Å². The van der Waals surface area contributed by atoms with Gasteiger partial charge in [0.05, 0.1) is 37.0 Å². The number of anilines is 1. The van der Waals surface area contributed by atoms with E-state index in [2.05, 4.69) is 31.9 Å². The summed E-state index contributed by atoms with van der Waals surface area (Å²) in [5.74, 6) is 3.21. The minimum absolute atomic E-state index is 0.0389. The molecule has 3 fully saturated rings. The number of aromatic nitrogens is 6. The van der Waals surface area contributed by atoms with E-state index in [-0.39, 0.29) is 12.1 Å². The highest BCUT2D eigenvalue weighted by Crippen LogP contribution is 2.34. The normalized spacial score (nSPS) is 22.6. The monoisotopic (exact) mass is 551 g/mol. The molecule has 1 aromatic carbocycles. The predicted octanol–water partition coefficient (Wildman–Crippen LogP) is 1.32. The molecule has 3 saturated heterocycles. The molecule has 2 bridgehead atoms. The number of benzene rings is 1. The summed E-state index contributed by atoms with van der Waals surface area (Å²) in [6, 6.07) is 8.32. The lowest BCUT2D eigenvalue weighted by molar-refractivity contribution is 0.122. The van der Waals surface area contributed by atoms with E-state index in [1.54, 1.807) is 4.31 Å². The smallest absolute Gasteiger partial charge is 0.239 e. The van der Waals surface area contributed by atoms with Gasteiger partial charge in [0, 0.05) is 51.7 Å². The van der Waals surface area contributed by atoms with Gasteiger partial charge >= 0.3 is 0 Å². The van der Waals surface area contributed by atoms with Crippen LogP contribution in [0.25, 0.3) is 28.1 Å². The fraction of sp³-hybridized carbons (Fsp3) is 0.538. The lowest BCUT2D eigenvalue weighted by Crippen LogP contribution is -2.48. The summed E-state index contributed by atoms with van der Waals surface area (Å²) in [5, 5.41) is 0. The number of likely N-dealkylation sites (tertiary alicyclic amines) is 1. The van der Waals surface area contributed by atoms with Gasteiger partial charge in [0.1, 0.15) is 11.6 Å². The van der Waals surface area contributed by atoms with Crippen molar-refractivity contribution in [3.8, 4) is 5.95 Å². The third-order valence-corrected chi connectivity index (χ3v) is 9.61. The second-order valence-electron chi connectivity index (χ2n) is 10.7. The van der Waals surface area contributed by atoms with E-state index in [0.717, 1.165) is 72.1 Å². The van der Waals surface area contributed by atoms with Crippen LogP contribution in [0.15, 0.2) is 24.3 Å². The SMILES string of the molecule is CCc1nc2ccccc2n1-c1nc(N2CCOCC2)c2nc(CN3CC4CC3CN4S(C)(=O)=O)n(C)c2n1. The number of hydrogen-bond donors (Lipinski definition) is 0. The van der Waals surface area contributed by atoms with Crippen LogP contribution < -0.4 is 4.90 Å². The Labute approximate surface area is 227 Å². The summed E-state index contributed by atoms with van der Waals surface area (Å²) in [6.45, 7) is 6.75. The molecule has 0 radical (unpaired) electrons. The van der Waals surface area contributed by atoms with Gasteiger partial charge in [-0.05, 0) is 18.6 Å². The Bertz CT molecular complexity index is 1670. The Morgan fingerprint density at radius 1 is 1.00 bits per heavy atom. The van der Waals surface area contributed by atoms with Gasteiger partial charge < -0.3 is 14.2 Å². The van der Waals surface area contributed by atoms with E-state index in [0.29, 0.717) is 32.3 Å². The van der Waals surface area contributed by atoms with Gasteiger partial charge in [-0.1, -0.05) is 19.1 Å². The van der Waals surface area contributed by atoms with Crippen LogP contribution in [0, 0.1) is 0 Å². The first-order chi connectivity index (χ1) is 18.8. The lowest BCUT2D eigenvalue weighted by Gasteiger charge is -2.32. The number of nitrogens with zero attached hydrogens (tertiary/aromatic N) is 9. The second-order valence-corrected chi connectivity index (χ2v) is 12.7. The van der Waals surface area contributed by atoms with Gasteiger partial charge in [-0.3, -0.25) is 9.47 Å². The van der Waals surface area contributed by atoms with Crippen molar-refractivity contribution in [2.45, 2.75) is 38.4 Å². The molecule has 3 aliphatic rings. The highest BCUT2D eigenvalue weighted by molar-refractivity contribution is 7.88. The lowest BCUT2D eigenvalue weighted by atomic mass is 10.2. The molecule has 6 heterocycles. The maximum Gasteiger partial charge on any atom is 0.239 e. The number of rotatable bonds is 6. The summed E-state index contributed by atoms with van der Waals surface area (Å²) >= 11 is 0. The van der Waals surface area contributed by atoms with Gasteiger partial charge in [0.2, 0.25) is 16.0 Å². The summed E-state index contributed by atoms with van der Waals surface area (Å²) in [5.41, 5.74) is 3.46. The number of hydrogen-bond acceptors (Lipinski definition) is 9. The summed E-state index contributed by atoms with van der Waals surface area (Å²) in [7, 11) is -1.17. The van der Waals surface area contributed by atoms with Crippen LogP contribution in [0.2, 0.25) is 0 Å². The average Bonchev–Trinajstić information content (AvgIpc) is 3.70. The third-order valence-electron chi connectivity index (χ3n) is 8.31. The van der Waals surface area contributed by atoms with Gasteiger partial charge in [-0.15, -0.1) is 0 Å². The summed E-state index contributed by atoms with van der Waals surface area (Å²) in [4.78, 5) is 24.7. The molecule has 13 heteroatoms. The molecule has 0 spiro atoms. The van der Waals surface area contributed by atoms with E-state index in [9.17, 15) is 8.42 Å². The van der Waals surface area contributed by atoms with Crippen LogP contribution >= 0.6 is 0 Å². The first-order valence-corrected chi connectivity index (χ1v) is 15.4. The number of piperazine rings is 1. The molecule has 2 unspecified atom stereocenters. The number of para-hydroxylation sites is 2. The maximum absolute atomic E-state index is 12.2. The maximum atomic E-state index is 12.2. The third kappa shape index (κ3) is 4.10. The zero-order valence-electron chi connectivity index (χ0n) is 22.5. The fourth-order valence-corrected chi connectivity index (χ4v) is 7.49. The molecular weight excluding hydrogens is 518 g/mol. The first kappa shape index (κ1) is 24.9. The molecule has 0 N–H and O–H groups in total. The Morgan fingerprint density at radius 2 is 1.79 bits per heavy atom. The largest absolute Gasteiger partial charge is 0.378 e. The molecule has 7 rings (SSSR count). The van der Waals surface area contributed by atoms with Crippen molar-refractivity contribution in [3.63, 3.8) is 0 Å². The van der Waals surface area contributed by atoms with E-state index in [4.69, 9.17) is 24.7 Å². The number of sulfonamides is 1. The molecule has 3 aliphatic heterocycles. The van der Waals surface area contributed by atoms with Crippen molar-refractivity contribution >= 4 is 38.0 Å². The van der Waals surface area contributed by atoms with Crippen LogP contribution in [-0.2, 0) is 34.8 Å². The Hall–Kier alpha value is -3.13. The minimum Gasteiger partial charge on any atom is -0.378 e. The van der Waals surface area contributed by atoms with Crippen LogP contribution in [0.5, 0.6) is 0 Å². The highest BCUT2D eigenvalue weighted by Gasteiger charge is 2.47. The van der Waals surface area contributed by atoms with Crippen LogP contribution in [0.4, 0.5) is 5.82 Å². The Balaban J connectivity index is 1.31. The molecule has 3 aromatic heterocycles. The molecular formula is C26H33N9O3S. The van der Waals surface area contributed by atoms with Crippen molar-refractivity contribution in [1.82, 2.24) is 38.3 Å². The summed E-state index contributed by atoms with van der Waals surface area (Å²) < 4.78 is 35.7. The van der Waals surface area contributed by atoms with Gasteiger partial charge in [0.15, 0.2) is 17.0 Å². The number of morpholine rings is 1. The summed E-state index contributed by atoms with van der Waals surface area (Å²) in [6.07, 6.45) is 2.93. The van der Waals surface area contributed by atoms with Gasteiger partial charge in [0.25, 0.3) is 0 Å². The van der Waals surface area contributed by atoms with Gasteiger partial charge in [-0.2, -0.15) is 14.3 Å². The zero-order valence-corrected chi connectivity index (χ0v) is 23.3. The quantitative estimate of drug-likeness (QED) is 0.350. The van der Waals surface area contributed by atoms with E-state index >= 15 is 0 Å². The molecule has 4 aromatic rings. The Morgan fingerprint density at radius 3 is 2.51 bits per heavy atom. The molecule has 0 aliphatic carbocycles. The topological polar surface area (TPSA) is 115 Å². The number of ether oxygens (including phenoxy) is 1. The predicted molar refractivity (Wildman–Crippen MR) is 147 cm³/mol.